The molecular formula is C57H32O2. The average molecular weight is 749 g/mol. The zero-order valence-corrected chi connectivity index (χ0v) is 31.8. The maximum atomic E-state index is 6.61. The molecule has 272 valence electrons. The maximum absolute atomic E-state index is 6.61. The summed E-state index contributed by atoms with van der Waals surface area (Å²) in [6.07, 6.45) is 0. The molecule has 0 fully saturated rings. The third kappa shape index (κ3) is 4.00. The van der Waals surface area contributed by atoms with Gasteiger partial charge in [-0.05, 0) is 137 Å². The molecule has 2 aromatic heterocycles. The van der Waals surface area contributed by atoms with Crippen LogP contribution in [0.15, 0.2) is 203 Å². The Morgan fingerprint density at radius 3 is 1.73 bits per heavy atom. The Morgan fingerprint density at radius 2 is 0.898 bits per heavy atom. The van der Waals surface area contributed by atoms with E-state index in [0.29, 0.717) is 0 Å². The van der Waals surface area contributed by atoms with Crippen LogP contribution in [0.2, 0.25) is 0 Å². The van der Waals surface area contributed by atoms with E-state index in [4.69, 9.17) is 8.83 Å². The van der Waals surface area contributed by atoms with Crippen molar-refractivity contribution in [2.45, 2.75) is 5.41 Å². The zero-order valence-electron chi connectivity index (χ0n) is 31.8. The molecule has 1 spiro atoms. The van der Waals surface area contributed by atoms with E-state index >= 15 is 0 Å². The first-order valence-electron chi connectivity index (χ1n) is 20.4. The molecular weight excluding hydrogens is 717 g/mol. The molecule has 2 heteroatoms. The van der Waals surface area contributed by atoms with Crippen molar-refractivity contribution in [2.24, 2.45) is 0 Å². The molecule has 0 N–H and O–H groups in total. The van der Waals surface area contributed by atoms with Crippen molar-refractivity contribution in [3.05, 3.63) is 216 Å². The molecule has 14 rings (SSSR count). The summed E-state index contributed by atoms with van der Waals surface area (Å²) in [7, 11) is 0. The highest BCUT2D eigenvalue weighted by Crippen LogP contribution is 2.66. The average Bonchev–Trinajstić information content (AvgIpc) is 4.02. The van der Waals surface area contributed by atoms with Gasteiger partial charge in [-0.1, -0.05) is 146 Å². The summed E-state index contributed by atoms with van der Waals surface area (Å²) in [5.74, 6) is 0. The molecule has 0 aliphatic heterocycles. The minimum Gasteiger partial charge on any atom is -0.456 e. The van der Waals surface area contributed by atoms with Gasteiger partial charge in [0.05, 0.1) is 5.41 Å². The van der Waals surface area contributed by atoms with E-state index < -0.39 is 5.41 Å². The summed E-state index contributed by atoms with van der Waals surface area (Å²) in [5, 5.41) is 9.45. The smallest absolute Gasteiger partial charge is 0.136 e. The highest BCUT2D eigenvalue weighted by molar-refractivity contribution is 6.16. The summed E-state index contributed by atoms with van der Waals surface area (Å²) >= 11 is 0. The Kier molecular flexibility index (Phi) is 5.99. The van der Waals surface area contributed by atoms with Crippen molar-refractivity contribution in [3.63, 3.8) is 0 Å². The second-order valence-electron chi connectivity index (χ2n) is 16.3. The summed E-state index contributed by atoms with van der Waals surface area (Å²) in [6, 6.07) is 71.5. The van der Waals surface area contributed by atoms with E-state index in [9.17, 15) is 0 Å². The lowest BCUT2D eigenvalue weighted by Gasteiger charge is -2.32. The van der Waals surface area contributed by atoms with Crippen LogP contribution in [0.1, 0.15) is 22.3 Å². The molecule has 2 aliphatic rings. The predicted molar refractivity (Wildman–Crippen MR) is 243 cm³/mol. The molecule has 10 aromatic carbocycles. The van der Waals surface area contributed by atoms with Crippen LogP contribution in [0.25, 0.3) is 110 Å². The van der Waals surface area contributed by atoms with Crippen molar-refractivity contribution in [1.82, 2.24) is 0 Å². The molecule has 0 bridgehead atoms. The fourth-order valence-electron chi connectivity index (χ4n) is 11.1. The molecule has 2 nitrogen and oxygen atoms in total. The topological polar surface area (TPSA) is 26.3 Å². The van der Waals surface area contributed by atoms with Crippen LogP contribution in [0.3, 0.4) is 0 Å². The van der Waals surface area contributed by atoms with Crippen LogP contribution in [-0.2, 0) is 5.41 Å². The first-order chi connectivity index (χ1) is 29.2. The van der Waals surface area contributed by atoms with Gasteiger partial charge in [0.1, 0.15) is 22.3 Å². The van der Waals surface area contributed by atoms with Gasteiger partial charge >= 0.3 is 0 Å². The number of hydrogen-bond donors (Lipinski definition) is 0. The molecule has 0 saturated carbocycles. The fourth-order valence-corrected chi connectivity index (χ4v) is 11.1. The van der Waals surface area contributed by atoms with Crippen molar-refractivity contribution in [1.29, 1.82) is 0 Å². The van der Waals surface area contributed by atoms with E-state index in [2.05, 4.69) is 188 Å². The summed E-state index contributed by atoms with van der Waals surface area (Å²) < 4.78 is 13.1. The molecule has 12 aromatic rings. The number of fused-ring (bicyclic) bond motifs is 19. The quantitative estimate of drug-likeness (QED) is 0.176. The first-order valence-corrected chi connectivity index (χ1v) is 20.4. The number of para-hydroxylation sites is 1. The van der Waals surface area contributed by atoms with E-state index in [-0.39, 0.29) is 0 Å². The molecule has 0 atom stereocenters. The van der Waals surface area contributed by atoms with Gasteiger partial charge in [0.2, 0.25) is 0 Å². The number of benzene rings is 10. The SMILES string of the molecule is c1ccc2c(c1)-c1ccccc1C21c2cc(-c3cccc4oc5cc6ccccc6cc5c34)ccc2-c2c(-c3ccc4c(c3)oc3ccccc34)cc3ccccc3c21. The van der Waals surface area contributed by atoms with E-state index in [0.717, 1.165) is 49.4 Å². The van der Waals surface area contributed by atoms with Crippen LogP contribution < -0.4 is 0 Å². The van der Waals surface area contributed by atoms with E-state index in [1.54, 1.807) is 0 Å². The zero-order chi connectivity index (χ0) is 38.4. The standard InChI is InChI=1S/C57H32O2/c1-2-13-34-31-53-46(28-33(34)12-1)54-38(19-11-23-51(54)59-53)36-25-27-44-49(30-36)57(47-20-8-5-16-40(47)41-17-6-9-21-48(41)57)56-39-15-4-3-14-35(39)29-45(55(44)56)37-24-26-43-42-18-7-10-22-50(42)58-52(43)32-37/h1-32H. The normalized spacial score (nSPS) is 13.6. The lowest BCUT2D eigenvalue weighted by Crippen LogP contribution is -2.26. The first kappa shape index (κ1) is 31.4. The Labute approximate surface area is 339 Å². The Balaban J connectivity index is 1.11. The third-order valence-corrected chi connectivity index (χ3v) is 13.4. The van der Waals surface area contributed by atoms with Crippen molar-refractivity contribution >= 4 is 65.4 Å². The van der Waals surface area contributed by atoms with Crippen molar-refractivity contribution < 1.29 is 8.83 Å². The summed E-state index contributed by atoms with van der Waals surface area (Å²) in [4.78, 5) is 0. The lowest BCUT2D eigenvalue weighted by molar-refractivity contribution is 0.669. The van der Waals surface area contributed by atoms with Gasteiger partial charge < -0.3 is 8.83 Å². The van der Waals surface area contributed by atoms with Gasteiger partial charge in [-0.2, -0.15) is 0 Å². The molecule has 2 aliphatic carbocycles. The van der Waals surface area contributed by atoms with Gasteiger partial charge in [-0.25, -0.2) is 0 Å². The monoisotopic (exact) mass is 748 g/mol. The van der Waals surface area contributed by atoms with Gasteiger partial charge in [0, 0.05) is 21.5 Å². The minimum atomic E-state index is -0.560. The van der Waals surface area contributed by atoms with Crippen LogP contribution >= 0.6 is 0 Å². The van der Waals surface area contributed by atoms with Crippen LogP contribution in [0.5, 0.6) is 0 Å². The van der Waals surface area contributed by atoms with Crippen LogP contribution in [0.4, 0.5) is 0 Å². The van der Waals surface area contributed by atoms with Crippen LogP contribution in [0, 0.1) is 0 Å². The second-order valence-corrected chi connectivity index (χ2v) is 16.3. The Hall–Kier alpha value is -7.68. The Morgan fingerprint density at radius 1 is 0.305 bits per heavy atom. The molecule has 0 radical (unpaired) electrons. The third-order valence-electron chi connectivity index (χ3n) is 13.4. The van der Waals surface area contributed by atoms with Gasteiger partial charge in [-0.15, -0.1) is 0 Å². The molecule has 0 amide bonds. The fraction of sp³-hybridized carbons (Fsp3) is 0.0175. The number of furan rings is 2. The maximum Gasteiger partial charge on any atom is 0.136 e. The number of hydrogen-bond acceptors (Lipinski definition) is 2. The highest BCUT2D eigenvalue weighted by Gasteiger charge is 2.53. The van der Waals surface area contributed by atoms with Crippen molar-refractivity contribution in [2.75, 3.05) is 0 Å². The second kappa shape index (κ2) is 11.2. The predicted octanol–water partition coefficient (Wildman–Crippen LogP) is 15.5. The summed E-state index contributed by atoms with van der Waals surface area (Å²) in [6.45, 7) is 0. The van der Waals surface area contributed by atoms with Gasteiger partial charge in [0.25, 0.3) is 0 Å². The molecule has 0 saturated heterocycles. The van der Waals surface area contributed by atoms with Gasteiger partial charge in [-0.3, -0.25) is 0 Å². The van der Waals surface area contributed by atoms with Gasteiger partial charge in [0.15, 0.2) is 0 Å². The Bertz CT molecular complexity index is 3750. The highest BCUT2D eigenvalue weighted by atomic mass is 16.3. The molecule has 0 unspecified atom stereocenters. The van der Waals surface area contributed by atoms with E-state index in [1.807, 2.05) is 6.07 Å². The number of rotatable bonds is 2. The van der Waals surface area contributed by atoms with Crippen LogP contribution in [-0.4, -0.2) is 0 Å². The summed E-state index contributed by atoms with van der Waals surface area (Å²) in [5.41, 5.74) is 18.2. The molecule has 2 heterocycles. The molecule has 59 heavy (non-hydrogen) atoms. The minimum absolute atomic E-state index is 0.560. The largest absolute Gasteiger partial charge is 0.456 e. The van der Waals surface area contributed by atoms with Crippen molar-refractivity contribution in [3.8, 4) is 44.5 Å². The van der Waals surface area contributed by atoms with E-state index in [1.165, 1.54) is 82.7 Å². The lowest BCUT2D eigenvalue weighted by atomic mass is 9.69.